The van der Waals surface area contributed by atoms with Crippen LogP contribution in [0, 0.1) is 0 Å². The summed E-state index contributed by atoms with van der Waals surface area (Å²) in [6.07, 6.45) is -6.05. The molecule has 0 radical (unpaired) electrons. The second-order valence-corrected chi connectivity index (χ2v) is 29.1. The van der Waals surface area contributed by atoms with Gasteiger partial charge in [0.05, 0.1) is 0 Å². The zero-order valence-corrected chi connectivity index (χ0v) is 30.1. The van der Waals surface area contributed by atoms with Crippen molar-refractivity contribution < 1.29 is 40.7 Å². The van der Waals surface area contributed by atoms with Crippen LogP contribution in [0.2, 0.25) is 14.8 Å². The summed E-state index contributed by atoms with van der Waals surface area (Å²) in [6, 6.07) is 7.49. The van der Waals surface area contributed by atoms with Crippen molar-refractivity contribution in [1.29, 1.82) is 0 Å². The monoisotopic (exact) mass is 771 g/mol. The molecule has 13 heteroatoms. The molecule has 254 valence electrons. The Bertz CT molecular complexity index is 1680. The van der Waals surface area contributed by atoms with Gasteiger partial charge in [-0.1, -0.05) is 0 Å². The predicted molar refractivity (Wildman–Crippen MR) is 170 cm³/mol. The fraction of sp³-hybridized carbons (Fsp3) is 0.471. The van der Waals surface area contributed by atoms with Crippen molar-refractivity contribution in [3.05, 3.63) is 80.6 Å². The third-order valence-corrected chi connectivity index (χ3v) is 15.3. The van der Waals surface area contributed by atoms with Crippen molar-refractivity contribution in [1.82, 2.24) is 14.4 Å². The molecule has 0 unspecified atom stereocenters. The normalized spacial score (nSPS) is 19.8. The third-order valence-electron chi connectivity index (χ3n) is 8.72. The molecule has 3 aromatic rings. The maximum absolute atomic E-state index is 14.1. The molecule has 5 rings (SSSR count). The molecule has 1 amide bonds. The number of halogens is 6. The summed E-state index contributed by atoms with van der Waals surface area (Å²) in [7, 11) is 0. The van der Waals surface area contributed by atoms with Gasteiger partial charge in [-0.05, 0) is 20.8 Å². The van der Waals surface area contributed by atoms with E-state index in [0.29, 0.717) is 42.7 Å². The summed E-state index contributed by atoms with van der Waals surface area (Å²) in [5.74, 6) is -0.896. The van der Waals surface area contributed by atoms with Crippen molar-refractivity contribution in [2.75, 3.05) is 19.6 Å². The summed E-state index contributed by atoms with van der Waals surface area (Å²) in [4.78, 5) is 37.9. The minimum atomic E-state index is -5.08. The third kappa shape index (κ3) is 7.84. The van der Waals surface area contributed by atoms with E-state index in [2.05, 4.69) is 25.8 Å². The number of piperazine rings is 1. The number of para-hydroxylation sites is 1. The van der Waals surface area contributed by atoms with Crippen LogP contribution < -0.4 is 0 Å². The molecule has 6 nitrogen and oxygen atoms in total. The number of carbonyl (C=O) groups is 2. The number of nitrogens with zero attached hydrogens (tertiary/aromatic N) is 3. The van der Waals surface area contributed by atoms with E-state index in [1.807, 2.05) is 12.1 Å². The first-order valence-corrected chi connectivity index (χ1v) is 25.5. The Labute approximate surface area is 274 Å². The van der Waals surface area contributed by atoms with Crippen LogP contribution in [-0.2, 0) is 23.5 Å². The SMILES string of the molecule is CC(C)(C)OC(=O)n1cc(C[C@@H]2CN3C[C]([Sn]([CH3])([CH3])[CH3])=CC[C@@H]3CN2C(=O)c2cc(C(F)(F)F)cc(C(F)(F)F)c2)c2ccccc21. The van der Waals surface area contributed by atoms with Crippen molar-refractivity contribution in [2.24, 2.45) is 0 Å². The number of aromatic nitrogens is 1. The van der Waals surface area contributed by atoms with Gasteiger partial charge in [0.2, 0.25) is 0 Å². The number of carbonyl (C=O) groups excluding carboxylic acids is 2. The molecule has 2 aliphatic rings. The molecule has 1 saturated heterocycles. The summed E-state index contributed by atoms with van der Waals surface area (Å²) in [6.45, 7) is 6.47. The molecule has 2 aliphatic heterocycles. The number of rotatable bonds is 4. The fourth-order valence-corrected chi connectivity index (χ4v) is 10.3. The molecule has 0 spiro atoms. The predicted octanol–water partition coefficient (Wildman–Crippen LogP) is 8.41. The second-order valence-electron chi connectivity index (χ2n) is 14.4. The van der Waals surface area contributed by atoms with Crippen LogP contribution in [0.15, 0.2) is 58.3 Å². The Morgan fingerprint density at radius 2 is 1.53 bits per heavy atom. The van der Waals surface area contributed by atoms with E-state index >= 15 is 0 Å². The fourth-order valence-electron chi connectivity index (χ4n) is 6.33. The van der Waals surface area contributed by atoms with Crippen LogP contribution in [0.25, 0.3) is 10.9 Å². The minimum absolute atomic E-state index is 0.0313. The van der Waals surface area contributed by atoms with Crippen molar-refractivity contribution in [2.45, 2.75) is 78.5 Å². The van der Waals surface area contributed by atoms with Gasteiger partial charge in [-0.2, -0.15) is 0 Å². The van der Waals surface area contributed by atoms with Crippen LogP contribution in [0.5, 0.6) is 0 Å². The molecule has 3 heterocycles. The topological polar surface area (TPSA) is 54.8 Å². The Hall–Kier alpha value is -3.00. The van der Waals surface area contributed by atoms with Crippen molar-refractivity contribution in [3.8, 4) is 0 Å². The van der Waals surface area contributed by atoms with E-state index < -0.39 is 71.1 Å². The molecule has 0 saturated carbocycles. The van der Waals surface area contributed by atoms with E-state index in [9.17, 15) is 35.9 Å². The first-order chi connectivity index (χ1) is 21.6. The van der Waals surface area contributed by atoms with E-state index in [-0.39, 0.29) is 25.1 Å². The van der Waals surface area contributed by atoms with Crippen LogP contribution in [0.3, 0.4) is 0 Å². The summed E-state index contributed by atoms with van der Waals surface area (Å²) in [5, 5.41) is 0.733. The molecule has 1 fully saturated rings. The molecule has 0 N–H and O–H groups in total. The van der Waals surface area contributed by atoms with Crippen LogP contribution in [-0.4, -0.2) is 82.1 Å². The van der Waals surface area contributed by atoms with Crippen LogP contribution in [0.1, 0.15) is 54.2 Å². The quantitative estimate of drug-likeness (QED) is 0.198. The number of benzene rings is 2. The Kier molecular flexibility index (Phi) is 9.37. The average Bonchev–Trinajstić information content (AvgIpc) is 3.32. The Morgan fingerprint density at radius 3 is 2.11 bits per heavy atom. The first kappa shape index (κ1) is 35.3. The summed E-state index contributed by atoms with van der Waals surface area (Å²) in [5.41, 5.74) is -3.21. The number of alkyl halides is 6. The number of ether oxygens (including phenoxy) is 1. The van der Waals surface area contributed by atoms with Gasteiger partial charge in [-0.3, -0.25) is 0 Å². The van der Waals surface area contributed by atoms with E-state index in [1.54, 1.807) is 39.1 Å². The Balaban J connectivity index is 1.57. The molecule has 47 heavy (non-hydrogen) atoms. The zero-order valence-electron chi connectivity index (χ0n) is 27.2. The van der Waals surface area contributed by atoms with Gasteiger partial charge in [-0.15, -0.1) is 0 Å². The summed E-state index contributed by atoms with van der Waals surface area (Å²) < 4.78 is 90.9. The molecule has 0 bridgehead atoms. The van der Waals surface area contributed by atoms with Gasteiger partial charge >= 0.3 is 254 Å². The second kappa shape index (κ2) is 12.5. The van der Waals surface area contributed by atoms with Crippen LogP contribution >= 0.6 is 0 Å². The van der Waals surface area contributed by atoms with Gasteiger partial charge in [0, 0.05) is 0 Å². The zero-order chi connectivity index (χ0) is 34.7. The number of fused-ring (bicyclic) bond motifs is 2. The van der Waals surface area contributed by atoms with Gasteiger partial charge in [0.1, 0.15) is 0 Å². The summed E-state index contributed by atoms with van der Waals surface area (Å²) >= 11 is -2.46. The maximum atomic E-state index is 14.1. The number of hydrogen-bond donors (Lipinski definition) is 0. The molecule has 2 aromatic carbocycles. The van der Waals surface area contributed by atoms with Gasteiger partial charge < -0.3 is 0 Å². The average molecular weight is 770 g/mol. The standard InChI is InChI=1S/C31H30F6N3O3.3CH3.Sn/c1-29(2,3)43-28(42)40-16-20(25-9-4-5-10-26(25)40)14-24-17-38-11-7-6-8-23(38)18-39(24)27(41)19-12-21(30(32,33)34)15-22(13-19)31(35,36)37;;;;/h4-6,9-10,12-13,15-16,23-24H,8,11,14,17-18H2,1-3H3;3*1H3;/t23-,24-;;;;/m1..../s1. The van der Waals surface area contributed by atoms with Crippen molar-refractivity contribution in [3.63, 3.8) is 0 Å². The van der Waals surface area contributed by atoms with E-state index in [1.165, 1.54) is 13.1 Å². The molecular formula is C34H39F6N3O3Sn. The van der Waals surface area contributed by atoms with Gasteiger partial charge in [0.15, 0.2) is 0 Å². The van der Waals surface area contributed by atoms with Gasteiger partial charge in [0.25, 0.3) is 0 Å². The molecule has 0 aliphatic carbocycles. The molecule has 1 aromatic heterocycles. The number of hydrogen-bond acceptors (Lipinski definition) is 4. The van der Waals surface area contributed by atoms with Gasteiger partial charge in [-0.25, -0.2) is 0 Å². The first-order valence-electron chi connectivity index (χ1n) is 15.5. The Morgan fingerprint density at radius 1 is 0.915 bits per heavy atom. The number of amides is 1. The van der Waals surface area contributed by atoms with Crippen LogP contribution in [0.4, 0.5) is 31.1 Å². The van der Waals surface area contributed by atoms with E-state index in [4.69, 9.17) is 4.74 Å². The van der Waals surface area contributed by atoms with E-state index in [0.717, 1.165) is 5.39 Å². The molecular weight excluding hydrogens is 731 g/mol. The molecule has 2 atom stereocenters. The van der Waals surface area contributed by atoms with Crippen molar-refractivity contribution >= 4 is 41.3 Å².